The van der Waals surface area contributed by atoms with E-state index in [4.69, 9.17) is 9.47 Å². The average molecular weight is 330 g/mol. The molecule has 1 aromatic rings. The van der Waals surface area contributed by atoms with Crippen LogP contribution in [-0.4, -0.2) is 26.4 Å². The second-order valence-corrected chi connectivity index (χ2v) is 5.69. The third kappa shape index (κ3) is 5.51. The van der Waals surface area contributed by atoms with Crippen molar-refractivity contribution in [2.75, 3.05) is 20.3 Å². The largest absolute Gasteiger partial charge is 0.488 e. The zero-order chi connectivity index (χ0) is 14.3. The van der Waals surface area contributed by atoms with Crippen molar-refractivity contribution in [3.05, 3.63) is 27.7 Å². The van der Waals surface area contributed by atoms with E-state index in [-0.39, 0.29) is 6.10 Å². The number of hydrogen-bond acceptors (Lipinski definition) is 3. The lowest BCUT2D eigenvalue weighted by Gasteiger charge is -2.19. The van der Waals surface area contributed by atoms with Crippen LogP contribution < -0.4 is 10.1 Å². The predicted octanol–water partition coefficient (Wildman–Crippen LogP) is 3.67. The van der Waals surface area contributed by atoms with E-state index in [1.165, 1.54) is 5.56 Å². The second-order valence-electron chi connectivity index (χ2n) is 4.77. The predicted molar refractivity (Wildman–Crippen MR) is 82.8 cm³/mol. The number of methoxy groups -OCH3 is 1. The molecular weight excluding hydrogens is 306 g/mol. The molecule has 1 rings (SSSR count). The van der Waals surface area contributed by atoms with Crippen molar-refractivity contribution in [1.29, 1.82) is 0 Å². The highest BCUT2D eigenvalue weighted by Gasteiger charge is 2.12. The Labute approximate surface area is 124 Å². The molecule has 19 heavy (non-hydrogen) atoms. The lowest BCUT2D eigenvalue weighted by atomic mass is 10.1. The van der Waals surface area contributed by atoms with E-state index in [0.717, 1.165) is 35.3 Å². The van der Waals surface area contributed by atoms with Crippen molar-refractivity contribution in [2.45, 2.75) is 39.8 Å². The monoisotopic (exact) mass is 329 g/mol. The number of rotatable bonds is 8. The summed E-state index contributed by atoms with van der Waals surface area (Å²) in [4.78, 5) is 0. The van der Waals surface area contributed by atoms with Gasteiger partial charge in [-0.1, -0.05) is 22.9 Å². The topological polar surface area (TPSA) is 30.5 Å². The van der Waals surface area contributed by atoms with E-state index in [1.54, 1.807) is 7.11 Å². The van der Waals surface area contributed by atoms with Crippen molar-refractivity contribution in [1.82, 2.24) is 5.32 Å². The van der Waals surface area contributed by atoms with E-state index in [1.807, 2.05) is 6.92 Å². The molecule has 0 saturated heterocycles. The summed E-state index contributed by atoms with van der Waals surface area (Å²) in [5.41, 5.74) is 2.33. The zero-order valence-electron chi connectivity index (χ0n) is 12.3. The summed E-state index contributed by atoms with van der Waals surface area (Å²) in [5.74, 6) is 0.969. The van der Waals surface area contributed by atoms with Gasteiger partial charge < -0.3 is 14.8 Å². The van der Waals surface area contributed by atoms with Crippen LogP contribution in [0.2, 0.25) is 0 Å². The summed E-state index contributed by atoms with van der Waals surface area (Å²) in [6.07, 6.45) is 1.18. The molecule has 0 aromatic heterocycles. The first-order valence-electron chi connectivity index (χ1n) is 6.73. The Balaban J connectivity index is 2.86. The van der Waals surface area contributed by atoms with Crippen LogP contribution in [0.25, 0.3) is 0 Å². The molecule has 0 amide bonds. The molecule has 0 bridgehead atoms. The number of benzene rings is 1. The number of hydrogen-bond donors (Lipinski definition) is 1. The van der Waals surface area contributed by atoms with E-state index in [0.29, 0.717) is 6.61 Å². The fraction of sp³-hybridized carbons (Fsp3) is 0.600. The van der Waals surface area contributed by atoms with E-state index in [2.05, 4.69) is 47.2 Å². The van der Waals surface area contributed by atoms with Gasteiger partial charge in [-0.25, -0.2) is 0 Å². The van der Waals surface area contributed by atoms with Crippen LogP contribution in [0, 0.1) is 6.92 Å². The first-order valence-corrected chi connectivity index (χ1v) is 7.53. The second kappa shape index (κ2) is 8.56. The minimum atomic E-state index is 0.0507. The fourth-order valence-electron chi connectivity index (χ4n) is 1.97. The van der Waals surface area contributed by atoms with E-state index < -0.39 is 0 Å². The summed E-state index contributed by atoms with van der Waals surface area (Å²) in [6, 6.07) is 4.20. The maximum absolute atomic E-state index is 6.02. The van der Waals surface area contributed by atoms with Crippen molar-refractivity contribution in [3.8, 4) is 5.75 Å². The molecule has 0 aliphatic rings. The molecule has 0 fully saturated rings. The summed E-state index contributed by atoms with van der Waals surface area (Å²) in [7, 11) is 1.69. The molecule has 0 aliphatic heterocycles. The van der Waals surface area contributed by atoms with Crippen molar-refractivity contribution >= 4 is 15.9 Å². The van der Waals surface area contributed by atoms with Gasteiger partial charge in [-0.15, -0.1) is 0 Å². The van der Waals surface area contributed by atoms with Gasteiger partial charge >= 0.3 is 0 Å². The molecule has 1 aromatic carbocycles. The van der Waals surface area contributed by atoms with Crippen molar-refractivity contribution < 1.29 is 9.47 Å². The highest BCUT2D eigenvalue weighted by atomic mass is 79.9. The molecule has 0 radical (unpaired) electrons. The molecule has 0 saturated carbocycles. The molecule has 3 nitrogen and oxygen atoms in total. The van der Waals surface area contributed by atoms with Gasteiger partial charge in [0.05, 0.1) is 6.61 Å². The summed E-state index contributed by atoms with van der Waals surface area (Å²) in [5, 5.41) is 3.42. The van der Waals surface area contributed by atoms with Crippen LogP contribution in [0.1, 0.15) is 31.4 Å². The van der Waals surface area contributed by atoms with Gasteiger partial charge in [0, 0.05) is 23.7 Å². The molecule has 1 atom stereocenters. The Morgan fingerprint density at radius 3 is 2.74 bits per heavy atom. The average Bonchev–Trinajstić information content (AvgIpc) is 2.34. The Kier molecular flexibility index (Phi) is 7.42. The molecule has 0 spiro atoms. The lowest BCUT2D eigenvalue weighted by Crippen LogP contribution is -2.21. The standard InChI is InChI=1S/C15H24BrNO2/c1-5-6-17-9-13-8-14(16)7-11(2)15(13)19-12(3)10-18-4/h7-8,12,17H,5-6,9-10H2,1-4H3. The van der Waals surface area contributed by atoms with Gasteiger partial charge in [-0.3, -0.25) is 0 Å². The Hall–Kier alpha value is -0.580. The minimum Gasteiger partial charge on any atom is -0.488 e. The Morgan fingerprint density at radius 2 is 2.11 bits per heavy atom. The number of aryl methyl sites for hydroxylation is 1. The maximum Gasteiger partial charge on any atom is 0.127 e. The third-order valence-corrected chi connectivity index (χ3v) is 3.24. The van der Waals surface area contributed by atoms with Gasteiger partial charge in [-0.2, -0.15) is 0 Å². The highest BCUT2D eigenvalue weighted by Crippen LogP contribution is 2.29. The molecule has 4 heteroatoms. The summed E-state index contributed by atoms with van der Waals surface area (Å²) >= 11 is 3.55. The quantitative estimate of drug-likeness (QED) is 0.738. The molecular formula is C15H24BrNO2. The lowest BCUT2D eigenvalue weighted by molar-refractivity contribution is 0.0908. The minimum absolute atomic E-state index is 0.0507. The van der Waals surface area contributed by atoms with Crippen molar-refractivity contribution in [3.63, 3.8) is 0 Å². The molecule has 0 aliphatic carbocycles. The van der Waals surface area contributed by atoms with Gasteiger partial charge in [0.1, 0.15) is 11.9 Å². The van der Waals surface area contributed by atoms with Gasteiger partial charge in [0.2, 0.25) is 0 Å². The Morgan fingerprint density at radius 1 is 1.37 bits per heavy atom. The highest BCUT2D eigenvalue weighted by molar-refractivity contribution is 9.10. The van der Waals surface area contributed by atoms with E-state index in [9.17, 15) is 0 Å². The first kappa shape index (κ1) is 16.5. The van der Waals surface area contributed by atoms with Crippen LogP contribution in [-0.2, 0) is 11.3 Å². The fourth-order valence-corrected chi connectivity index (χ4v) is 2.59. The Bertz CT molecular complexity index is 396. The third-order valence-electron chi connectivity index (χ3n) is 2.78. The van der Waals surface area contributed by atoms with Crippen LogP contribution in [0.3, 0.4) is 0 Å². The van der Waals surface area contributed by atoms with Crippen LogP contribution in [0.4, 0.5) is 0 Å². The number of ether oxygens (including phenoxy) is 2. The molecule has 108 valence electrons. The molecule has 1 N–H and O–H groups in total. The van der Waals surface area contributed by atoms with Gasteiger partial charge in [-0.05, 0) is 44.5 Å². The summed E-state index contributed by atoms with van der Waals surface area (Å²) < 4.78 is 12.2. The number of nitrogens with one attached hydrogen (secondary N) is 1. The van der Waals surface area contributed by atoms with E-state index >= 15 is 0 Å². The van der Waals surface area contributed by atoms with Gasteiger partial charge in [0.15, 0.2) is 0 Å². The summed E-state index contributed by atoms with van der Waals surface area (Å²) in [6.45, 7) is 8.69. The van der Waals surface area contributed by atoms with Crippen LogP contribution >= 0.6 is 15.9 Å². The molecule has 1 unspecified atom stereocenters. The maximum atomic E-state index is 6.02. The van der Waals surface area contributed by atoms with Gasteiger partial charge in [0.25, 0.3) is 0 Å². The molecule has 0 heterocycles. The van der Waals surface area contributed by atoms with Crippen molar-refractivity contribution in [2.24, 2.45) is 0 Å². The SMILES string of the molecule is CCCNCc1cc(Br)cc(C)c1OC(C)COC. The zero-order valence-corrected chi connectivity index (χ0v) is 13.8. The van der Waals surface area contributed by atoms with Crippen LogP contribution in [0.5, 0.6) is 5.75 Å². The normalized spacial score (nSPS) is 12.5. The smallest absolute Gasteiger partial charge is 0.127 e. The number of halogens is 1. The first-order chi connectivity index (χ1) is 9.08. The van der Waals surface area contributed by atoms with Crippen LogP contribution in [0.15, 0.2) is 16.6 Å².